The molecule has 1 aliphatic rings. The van der Waals surface area contributed by atoms with E-state index in [2.05, 4.69) is 0 Å². The van der Waals surface area contributed by atoms with Crippen LogP contribution in [0, 0.1) is 0 Å². The van der Waals surface area contributed by atoms with E-state index in [0.717, 1.165) is 44.5 Å². The molecule has 1 saturated heterocycles. The summed E-state index contributed by atoms with van der Waals surface area (Å²) in [7, 11) is 0. The molecule has 1 heterocycles. The summed E-state index contributed by atoms with van der Waals surface area (Å²) in [5, 5.41) is 0. The van der Waals surface area contributed by atoms with E-state index >= 15 is 4.79 Å². The SMILES string of the molecule is O=C(COCc1ccccc1)c1c(OCc2ccccc2)cc(OCc2ccccc2)cc1O[13C](=O)c1ccc(O[C@@H]2O[C@H](COCc3ccccc3)[C@@H](OCc3ccccc3)[C@H](OCc3ccccc3)[C@H]2OCc2ccccc2)c(OCc2ccccc2)c1. The van der Waals surface area contributed by atoms with E-state index in [0.29, 0.717) is 12.4 Å². The molecule has 10 aromatic carbocycles. The first-order chi connectivity index (χ1) is 44.4. The molecule has 10 aromatic rings. The monoisotopic (exact) mass is 1200 g/mol. The fourth-order valence-electron chi connectivity index (χ4n) is 10.2. The first kappa shape index (κ1) is 61.9. The molecular weight excluding hydrogens is 1130 g/mol. The Morgan fingerprint density at radius 3 is 1.21 bits per heavy atom. The lowest BCUT2D eigenvalue weighted by atomic mass is 9.97. The summed E-state index contributed by atoms with van der Waals surface area (Å²) < 4.78 is 73.5. The van der Waals surface area contributed by atoms with Crippen molar-refractivity contribution in [2.75, 3.05) is 13.2 Å². The van der Waals surface area contributed by atoms with Gasteiger partial charge in [0.05, 0.1) is 45.2 Å². The van der Waals surface area contributed by atoms with Crippen molar-refractivity contribution in [2.45, 2.75) is 83.6 Å². The lowest BCUT2D eigenvalue weighted by Gasteiger charge is -2.45. The largest absolute Gasteiger partial charge is 0.489 e. The molecule has 0 N–H and O–H groups in total. The van der Waals surface area contributed by atoms with E-state index in [4.69, 9.17) is 52.1 Å². The van der Waals surface area contributed by atoms with Crippen molar-refractivity contribution in [3.8, 4) is 28.7 Å². The number of rotatable bonds is 31. The second-order valence-electron chi connectivity index (χ2n) is 21.5. The van der Waals surface area contributed by atoms with Gasteiger partial charge in [0.1, 0.15) is 73.7 Å². The minimum Gasteiger partial charge on any atom is -0.489 e. The maximum absolute atomic E-state index is 15.0. The first-order valence-electron chi connectivity index (χ1n) is 30.0. The van der Waals surface area contributed by atoms with Crippen LogP contribution in [-0.4, -0.2) is 55.7 Å². The van der Waals surface area contributed by atoms with Crippen LogP contribution < -0.4 is 23.7 Å². The van der Waals surface area contributed by atoms with E-state index in [-0.39, 0.29) is 93.6 Å². The van der Waals surface area contributed by atoms with Gasteiger partial charge in [-0.3, -0.25) is 4.79 Å². The predicted octanol–water partition coefficient (Wildman–Crippen LogP) is 15.1. The number of Topliss-reactive ketones (excluding diaryl/α,β-unsaturated/α-hetero) is 1. The van der Waals surface area contributed by atoms with E-state index in [9.17, 15) is 4.79 Å². The van der Waals surface area contributed by atoms with Crippen molar-refractivity contribution in [3.63, 3.8) is 0 Å². The van der Waals surface area contributed by atoms with E-state index in [1.165, 1.54) is 6.07 Å². The highest BCUT2D eigenvalue weighted by atomic mass is 16.7. The van der Waals surface area contributed by atoms with Gasteiger partial charge >= 0.3 is 5.97 Å². The Balaban J connectivity index is 0.952. The van der Waals surface area contributed by atoms with Crippen LogP contribution in [0.4, 0.5) is 0 Å². The fourth-order valence-corrected chi connectivity index (χ4v) is 10.2. The minimum absolute atomic E-state index is 0.00621. The molecule has 13 nitrogen and oxygen atoms in total. The molecule has 0 aromatic heterocycles. The second kappa shape index (κ2) is 32.5. The molecular formula is C77H70O13. The Morgan fingerprint density at radius 1 is 0.344 bits per heavy atom. The molecule has 11 rings (SSSR count). The van der Waals surface area contributed by atoms with Gasteiger partial charge in [0, 0.05) is 12.1 Å². The van der Waals surface area contributed by atoms with Crippen molar-refractivity contribution in [1.29, 1.82) is 0 Å². The highest BCUT2D eigenvalue weighted by Gasteiger charge is 2.50. The van der Waals surface area contributed by atoms with Gasteiger partial charge in [-0.05, 0) is 62.7 Å². The van der Waals surface area contributed by atoms with Crippen molar-refractivity contribution >= 4 is 11.8 Å². The third-order valence-electron chi connectivity index (χ3n) is 14.9. The molecule has 1 aliphatic heterocycles. The summed E-state index contributed by atoms with van der Waals surface area (Å²) in [6.07, 6.45) is -4.43. The molecule has 5 atom stereocenters. The number of ketones is 1. The summed E-state index contributed by atoms with van der Waals surface area (Å²) in [6.45, 7) is 1.19. The molecule has 0 saturated carbocycles. The Morgan fingerprint density at radius 2 is 0.733 bits per heavy atom. The van der Waals surface area contributed by atoms with Gasteiger partial charge in [-0.2, -0.15) is 0 Å². The van der Waals surface area contributed by atoms with Gasteiger partial charge in [-0.25, -0.2) is 4.79 Å². The Kier molecular flexibility index (Phi) is 22.4. The third kappa shape index (κ3) is 18.0. The average Bonchev–Trinajstić information content (AvgIpc) is 1.37. The van der Waals surface area contributed by atoms with Crippen LogP contribution in [-0.2, 0) is 81.3 Å². The van der Waals surface area contributed by atoms with Crippen molar-refractivity contribution < 1.29 is 61.7 Å². The molecule has 1 fully saturated rings. The molecule has 0 spiro atoms. The summed E-state index contributed by atoms with van der Waals surface area (Å²) >= 11 is 0. The number of benzene rings is 10. The van der Waals surface area contributed by atoms with Gasteiger partial charge in [0.25, 0.3) is 0 Å². The standard InChI is InChI=1S/C77H70O13/c78-66(54-80-46-56-25-9-1-10-26-56)72-69(84-50-60-33-17-5-18-34-60)44-65(82-48-58-29-13-3-14-30-58)45-70(72)88-76(79)64-41-42-67(68(43-64)83-49-59-31-15-4-16-32-59)89-77-75(87-53-63-39-23-8-24-40-63)74(86-52-62-37-21-7-22-38-62)73(85-51-61-35-19-6-20-36-61)71(90-77)55-81-47-57-27-11-2-12-28-57/h1-45,71,73-75,77H,46-55H2/t71-,73-,74+,75-,77-/m1/s1/i76+1. The number of carbonyl (C=O) groups excluding carboxylic acids is 2. The number of hydrogen-bond donors (Lipinski definition) is 0. The number of ether oxygens (including phenoxy) is 11. The number of esters is 1. The number of carbonyl (C=O) groups is 2. The zero-order valence-electron chi connectivity index (χ0n) is 49.7. The maximum Gasteiger partial charge on any atom is 0.343 e. The van der Waals surface area contributed by atoms with Gasteiger partial charge in [0.2, 0.25) is 6.29 Å². The van der Waals surface area contributed by atoms with Gasteiger partial charge in [-0.1, -0.05) is 243 Å². The first-order valence-corrected chi connectivity index (χ1v) is 30.0. The zero-order valence-corrected chi connectivity index (χ0v) is 49.7. The highest BCUT2D eigenvalue weighted by molar-refractivity contribution is 6.04. The maximum atomic E-state index is 15.0. The predicted molar refractivity (Wildman–Crippen MR) is 341 cm³/mol. The third-order valence-corrected chi connectivity index (χ3v) is 14.9. The minimum atomic E-state index is -1.18. The van der Waals surface area contributed by atoms with E-state index < -0.39 is 42.5 Å². The van der Waals surface area contributed by atoms with Crippen molar-refractivity contribution in [3.05, 3.63) is 329 Å². The van der Waals surface area contributed by atoms with Gasteiger partial charge in [0.15, 0.2) is 17.3 Å². The van der Waals surface area contributed by atoms with Crippen molar-refractivity contribution in [1.82, 2.24) is 0 Å². The smallest absolute Gasteiger partial charge is 0.343 e. The summed E-state index contributed by atoms with van der Waals surface area (Å²) in [4.78, 5) is 29.7. The Bertz CT molecular complexity index is 3770. The molecule has 13 heteroatoms. The van der Waals surface area contributed by atoms with Crippen LogP contribution in [0.3, 0.4) is 0 Å². The van der Waals surface area contributed by atoms with Crippen LogP contribution in [0.25, 0.3) is 0 Å². The normalized spacial score (nSPS) is 16.2. The molecule has 90 heavy (non-hydrogen) atoms. The average molecular weight is 1200 g/mol. The van der Waals surface area contributed by atoms with Crippen LogP contribution in [0.1, 0.15) is 65.2 Å². The van der Waals surface area contributed by atoms with Crippen LogP contribution in [0.15, 0.2) is 273 Å². The van der Waals surface area contributed by atoms with E-state index in [1.54, 1.807) is 24.3 Å². The lowest BCUT2D eigenvalue weighted by molar-refractivity contribution is -0.310. The van der Waals surface area contributed by atoms with Crippen LogP contribution in [0.5, 0.6) is 28.7 Å². The van der Waals surface area contributed by atoms with Crippen molar-refractivity contribution in [2.24, 2.45) is 0 Å². The second-order valence-corrected chi connectivity index (χ2v) is 21.5. The Hall–Kier alpha value is -9.70. The number of hydrogen-bond acceptors (Lipinski definition) is 13. The van der Waals surface area contributed by atoms with Crippen LogP contribution in [0.2, 0.25) is 0 Å². The molecule has 0 unspecified atom stereocenters. The molecule has 0 aliphatic carbocycles. The lowest BCUT2D eigenvalue weighted by Crippen LogP contribution is -2.62. The fraction of sp³-hybridized carbons (Fsp3) is 0.195. The zero-order chi connectivity index (χ0) is 61.4. The summed E-state index contributed by atoms with van der Waals surface area (Å²) in [5.41, 5.74) is 7.34. The Labute approximate surface area is 525 Å². The molecule has 0 radical (unpaired) electrons. The topological polar surface area (TPSA) is 136 Å². The molecule has 0 bridgehead atoms. The quantitative estimate of drug-likeness (QED) is 0.0177. The van der Waals surface area contributed by atoms with Gasteiger partial charge < -0.3 is 52.1 Å². The van der Waals surface area contributed by atoms with Crippen LogP contribution >= 0.6 is 0 Å². The molecule has 0 amide bonds. The molecule has 456 valence electrons. The van der Waals surface area contributed by atoms with E-state index in [1.807, 2.05) is 243 Å². The highest BCUT2D eigenvalue weighted by Crippen LogP contribution is 2.39. The summed E-state index contributed by atoms with van der Waals surface area (Å²) in [6, 6.07) is 85.9. The van der Waals surface area contributed by atoms with Gasteiger partial charge in [-0.15, -0.1) is 0 Å². The summed E-state index contributed by atoms with van der Waals surface area (Å²) in [5.74, 6) is -0.584.